The normalized spacial score (nSPS) is 18.6. The minimum absolute atomic E-state index is 0.320. The third-order valence-electron chi connectivity index (χ3n) is 6.83. The highest BCUT2D eigenvalue weighted by molar-refractivity contribution is 8.28. The SMILES string of the molecule is C=S(=C)(C)N(CCOC)c1cc(C(=O)N[C@@H](Cc2ccccc2)C(N)CF)cc(N(C)CC2CC2C)n1. The molecule has 9 heteroatoms. The van der Waals surface area contributed by atoms with Crippen LogP contribution in [0.4, 0.5) is 16.0 Å². The molecule has 1 aromatic carbocycles. The van der Waals surface area contributed by atoms with E-state index < -0.39 is 28.2 Å². The van der Waals surface area contributed by atoms with Gasteiger partial charge in [0.15, 0.2) is 0 Å². The van der Waals surface area contributed by atoms with Crippen LogP contribution in [0.5, 0.6) is 0 Å². The van der Waals surface area contributed by atoms with Gasteiger partial charge in [0.25, 0.3) is 5.91 Å². The van der Waals surface area contributed by atoms with Crippen molar-refractivity contribution in [3.8, 4) is 0 Å². The molecule has 0 saturated heterocycles. The van der Waals surface area contributed by atoms with Crippen molar-refractivity contribution in [2.45, 2.75) is 31.8 Å². The molecular weight excluding hydrogens is 489 g/mol. The molecule has 1 aromatic heterocycles. The topological polar surface area (TPSA) is 83.7 Å². The van der Waals surface area contributed by atoms with E-state index in [0.29, 0.717) is 48.6 Å². The molecule has 1 heterocycles. The molecule has 7 nitrogen and oxygen atoms in total. The third-order valence-corrected chi connectivity index (χ3v) is 8.27. The maximum atomic E-state index is 13.6. The zero-order valence-electron chi connectivity index (χ0n) is 22.5. The van der Waals surface area contributed by atoms with E-state index in [-0.39, 0.29) is 5.91 Å². The van der Waals surface area contributed by atoms with Crippen molar-refractivity contribution in [2.75, 3.05) is 56.0 Å². The van der Waals surface area contributed by atoms with E-state index in [1.165, 1.54) is 6.42 Å². The Labute approximate surface area is 221 Å². The van der Waals surface area contributed by atoms with Gasteiger partial charge in [-0.2, -0.15) is 0 Å². The highest BCUT2D eigenvalue weighted by Gasteiger charge is 2.34. The van der Waals surface area contributed by atoms with Crippen LogP contribution in [-0.2, 0) is 11.2 Å². The van der Waals surface area contributed by atoms with Crippen LogP contribution in [0.15, 0.2) is 42.5 Å². The third kappa shape index (κ3) is 8.18. The Morgan fingerprint density at radius 2 is 1.95 bits per heavy atom. The summed E-state index contributed by atoms with van der Waals surface area (Å²) in [5.41, 5.74) is 7.50. The van der Waals surface area contributed by atoms with Gasteiger partial charge in [0.1, 0.15) is 18.3 Å². The number of hydrogen-bond donors (Lipinski definition) is 2. The molecule has 2 aromatic rings. The summed E-state index contributed by atoms with van der Waals surface area (Å²) in [7, 11) is 1.94. The lowest BCUT2D eigenvalue weighted by Gasteiger charge is -2.31. The number of anilines is 2. The first-order chi connectivity index (χ1) is 17.5. The number of amides is 1. The van der Waals surface area contributed by atoms with Crippen LogP contribution in [0.25, 0.3) is 0 Å². The standard InChI is InChI=1S/C28H42FN5O2S/c1-20-14-23(20)19-33(2)26-16-22(17-27(32-26)34(12-13-36-3)37(4,5)6)28(35)31-25(24(30)18-29)15-21-10-8-7-9-11-21/h7-11,16-17,20,23-25H,4-5,12-15,18-19,30H2,1-3,6H3,(H,31,35)/t20?,23?,24?,25-/m0/s1. The fraction of sp³-hybridized carbons (Fsp3) is 0.500. The first-order valence-corrected chi connectivity index (χ1v) is 15.0. The molecule has 0 aliphatic heterocycles. The van der Waals surface area contributed by atoms with Gasteiger partial charge in [0, 0.05) is 26.3 Å². The number of carbonyl (C=O) groups is 1. The molecule has 1 fully saturated rings. The fourth-order valence-electron chi connectivity index (χ4n) is 4.33. The van der Waals surface area contributed by atoms with E-state index in [9.17, 15) is 9.18 Å². The van der Waals surface area contributed by atoms with Gasteiger partial charge in [-0.15, -0.1) is 9.39 Å². The number of rotatable bonds is 14. The highest BCUT2D eigenvalue weighted by atomic mass is 32.2. The van der Waals surface area contributed by atoms with Crippen molar-refractivity contribution in [1.82, 2.24) is 10.3 Å². The molecule has 3 rings (SSSR count). The Kier molecular flexibility index (Phi) is 9.98. The van der Waals surface area contributed by atoms with Crippen LogP contribution in [0, 0.1) is 11.8 Å². The highest BCUT2D eigenvalue weighted by Crippen LogP contribution is 2.39. The molecule has 204 valence electrons. The van der Waals surface area contributed by atoms with Crippen LogP contribution in [-0.4, -0.2) is 81.5 Å². The number of pyridine rings is 1. The van der Waals surface area contributed by atoms with E-state index in [1.807, 2.05) is 47.9 Å². The van der Waals surface area contributed by atoms with Gasteiger partial charge in [-0.25, -0.2) is 9.37 Å². The van der Waals surface area contributed by atoms with Gasteiger partial charge in [0.2, 0.25) is 0 Å². The van der Waals surface area contributed by atoms with Crippen molar-refractivity contribution < 1.29 is 13.9 Å². The van der Waals surface area contributed by atoms with Crippen LogP contribution >= 0.6 is 9.39 Å². The van der Waals surface area contributed by atoms with E-state index >= 15 is 0 Å². The van der Waals surface area contributed by atoms with Gasteiger partial charge < -0.3 is 25.0 Å². The average molecular weight is 532 g/mol. The number of alkyl halides is 1. The molecule has 4 atom stereocenters. The zero-order chi connectivity index (χ0) is 27.2. The molecule has 37 heavy (non-hydrogen) atoms. The number of ether oxygens (including phenoxy) is 1. The zero-order valence-corrected chi connectivity index (χ0v) is 23.3. The lowest BCUT2D eigenvalue weighted by atomic mass is 10.00. The predicted molar refractivity (Wildman–Crippen MR) is 157 cm³/mol. The van der Waals surface area contributed by atoms with Crippen molar-refractivity contribution in [3.63, 3.8) is 0 Å². The largest absolute Gasteiger partial charge is 0.383 e. The molecule has 3 unspecified atom stereocenters. The minimum atomic E-state index is -1.70. The summed E-state index contributed by atoms with van der Waals surface area (Å²) in [5, 5.41) is 2.99. The average Bonchev–Trinajstić information content (AvgIpc) is 3.56. The molecule has 1 aliphatic rings. The number of hydrogen-bond acceptors (Lipinski definition) is 6. The summed E-state index contributed by atoms with van der Waals surface area (Å²) >= 11 is 0. The fourth-order valence-corrected chi connectivity index (χ4v) is 5.39. The lowest BCUT2D eigenvalue weighted by Crippen LogP contribution is -2.50. The molecule has 1 aliphatic carbocycles. The number of aromatic nitrogens is 1. The second kappa shape index (κ2) is 12.8. The van der Waals surface area contributed by atoms with Crippen LogP contribution in [0.3, 0.4) is 0 Å². The molecule has 1 amide bonds. The summed E-state index contributed by atoms with van der Waals surface area (Å²) < 4.78 is 20.9. The van der Waals surface area contributed by atoms with E-state index in [2.05, 4.69) is 28.9 Å². The minimum Gasteiger partial charge on any atom is -0.383 e. The van der Waals surface area contributed by atoms with Crippen LogP contribution < -0.4 is 20.3 Å². The molecule has 0 spiro atoms. The predicted octanol–water partition coefficient (Wildman–Crippen LogP) is 3.48. The Morgan fingerprint density at radius 3 is 2.51 bits per heavy atom. The Morgan fingerprint density at radius 1 is 1.30 bits per heavy atom. The van der Waals surface area contributed by atoms with Gasteiger partial charge in [-0.3, -0.25) is 4.79 Å². The van der Waals surface area contributed by atoms with Crippen LogP contribution in [0.1, 0.15) is 29.3 Å². The number of halogens is 1. The Balaban J connectivity index is 1.95. The van der Waals surface area contributed by atoms with Crippen molar-refractivity contribution >= 4 is 38.7 Å². The Hall–Kier alpha value is -2.62. The quantitative estimate of drug-likeness (QED) is 0.363. The monoisotopic (exact) mass is 531 g/mol. The summed E-state index contributed by atoms with van der Waals surface area (Å²) in [6, 6.07) is 11.8. The second-order valence-electron chi connectivity index (χ2n) is 10.3. The first-order valence-electron chi connectivity index (χ1n) is 12.6. The van der Waals surface area contributed by atoms with E-state index in [0.717, 1.165) is 12.1 Å². The first kappa shape index (κ1) is 28.9. The van der Waals surface area contributed by atoms with Gasteiger partial charge in [-0.05, 0) is 48.6 Å². The van der Waals surface area contributed by atoms with Gasteiger partial charge in [0.05, 0.1) is 25.2 Å². The maximum Gasteiger partial charge on any atom is 0.251 e. The molecule has 0 bridgehead atoms. The molecule has 0 radical (unpaired) electrons. The number of methoxy groups -OCH3 is 1. The molecule has 3 N–H and O–H groups in total. The lowest BCUT2D eigenvalue weighted by molar-refractivity contribution is 0.0928. The number of nitrogens with one attached hydrogen (secondary N) is 1. The molecular formula is C28H42FN5O2S. The van der Waals surface area contributed by atoms with Crippen LogP contribution in [0.2, 0.25) is 0 Å². The summed E-state index contributed by atoms with van der Waals surface area (Å²) in [5.74, 6) is 10.9. The number of nitrogens with zero attached hydrogens (tertiary/aromatic N) is 3. The summed E-state index contributed by atoms with van der Waals surface area (Å²) in [6.07, 6.45) is 3.60. The maximum absolute atomic E-state index is 13.6. The molecule has 1 saturated carbocycles. The summed E-state index contributed by atoms with van der Waals surface area (Å²) in [4.78, 5) is 20.6. The van der Waals surface area contributed by atoms with Crippen molar-refractivity contribution in [3.05, 3.63) is 53.6 Å². The smallest absolute Gasteiger partial charge is 0.251 e. The van der Waals surface area contributed by atoms with E-state index in [1.54, 1.807) is 19.2 Å². The second-order valence-corrected chi connectivity index (χ2v) is 13.2. The van der Waals surface area contributed by atoms with Crippen molar-refractivity contribution in [1.29, 1.82) is 0 Å². The van der Waals surface area contributed by atoms with Gasteiger partial charge in [-0.1, -0.05) is 49.0 Å². The Bertz CT molecular complexity index is 1140. The number of carbonyl (C=O) groups excluding carboxylic acids is 1. The van der Waals surface area contributed by atoms with Gasteiger partial charge >= 0.3 is 0 Å². The summed E-state index contributed by atoms with van der Waals surface area (Å²) in [6.45, 7) is 3.39. The van der Waals surface area contributed by atoms with E-state index in [4.69, 9.17) is 15.5 Å². The number of nitrogens with two attached hydrogens (primary N) is 1. The van der Waals surface area contributed by atoms with Crippen molar-refractivity contribution in [2.24, 2.45) is 17.6 Å². The number of benzene rings is 1.